The second kappa shape index (κ2) is 6.59. The Morgan fingerprint density at radius 2 is 1.69 bits per heavy atom. The first kappa shape index (κ1) is 13.2. The molecule has 4 nitrogen and oxygen atoms in total. The Balaban J connectivity index is 0.000000671. The van der Waals surface area contributed by atoms with Gasteiger partial charge in [-0.3, -0.25) is 4.55 Å². The molecule has 1 aromatic carbocycles. The Bertz CT molecular complexity index is 326. The van der Waals surface area contributed by atoms with Gasteiger partial charge in [0.25, 0.3) is 0 Å². The third-order valence-electron chi connectivity index (χ3n) is 0.945. The van der Waals surface area contributed by atoms with Crippen LogP contribution in [0.25, 0.3) is 0 Å². The molecule has 69 valence electrons. The summed E-state index contributed by atoms with van der Waals surface area (Å²) in [5.41, 5.74) is 0. The molecule has 7 heteroatoms. The Morgan fingerprint density at radius 3 is 2.08 bits per heavy atom. The topological polar surface area (TPSA) is 63.6 Å². The van der Waals surface area contributed by atoms with Gasteiger partial charge in [-0.05, 0) is 12.1 Å². The third kappa shape index (κ3) is 7.24. The molecule has 0 aromatic heterocycles. The zero-order valence-electron chi connectivity index (χ0n) is 6.55. The second-order valence-electron chi connectivity index (χ2n) is 1.82. The number of rotatable bonds is 2. The molecule has 0 saturated carbocycles. The molecule has 0 bridgehead atoms. The van der Waals surface area contributed by atoms with Crippen molar-refractivity contribution in [1.82, 2.24) is 0 Å². The van der Waals surface area contributed by atoms with Crippen molar-refractivity contribution in [3.8, 4) is 5.75 Å². The SMILES string of the molecule is O=S(=O)(O)Oc1ccccc1.[Cl][Hg]. The van der Waals surface area contributed by atoms with Gasteiger partial charge in [-0.15, -0.1) is 0 Å². The van der Waals surface area contributed by atoms with Crippen LogP contribution in [0.1, 0.15) is 0 Å². The molecule has 0 radical (unpaired) electrons. The van der Waals surface area contributed by atoms with E-state index in [9.17, 15) is 8.42 Å². The number of para-hydroxylation sites is 1. The Kier molecular flexibility index (Phi) is 6.66. The minimum absolute atomic E-state index is 0.0926. The number of halogens is 1. The van der Waals surface area contributed by atoms with Crippen LogP contribution in [0.2, 0.25) is 0 Å². The van der Waals surface area contributed by atoms with Crippen molar-refractivity contribution >= 4 is 18.6 Å². The number of benzene rings is 1. The molecule has 1 aromatic rings. The van der Waals surface area contributed by atoms with Crippen LogP contribution in [0.3, 0.4) is 0 Å². The van der Waals surface area contributed by atoms with E-state index in [0.717, 1.165) is 0 Å². The molecule has 0 unspecified atom stereocenters. The fraction of sp³-hybridized carbons (Fsp3) is 0. The average molecular weight is 410 g/mol. The van der Waals surface area contributed by atoms with Gasteiger partial charge in [0, 0.05) is 0 Å². The molecule has 0 fully saturated rings. The summed E-state index contributed by atoms with van der Waals surface area (Å²) >= 11 is 0.500. The zero-order chi connectivity index (χ0) is 10.3. The Morgan fingerprint density at radius 1 is 1.23 bits per heavy atom. The fourth-order valence-corrected chi connectivity index (χ4v) is 0.952. The van der Waals surface area contributed by atoms with Gasteiger partial charge in [-0.1, -0.05) is 18.2 Å². The van der Waals surface area contributed by atoms with Crippen LogP contribution in [-0.4, -0.2) is 13.0 Å². The molecule has 0 amide bonds. The quantitative estimate of drug-likeness (QED) is 0.594. The summed E-state index contributed by atoms with van der Waals surface area (Å²) < 4.78 is 32.6. The van der Waals surface area contributed by atoms with Crippen molar-refractivity contribution in [2.75, 3.05) is 0 Å². The van der Waals surface area contributed by atoms with Gasteiger partial charge in [0.2, 0.25) is 0 Å². The van der Waals surface area contributed by atoms with Gasteiger partial charge >= 0.3 is 43.5 Å². The molecule has 0 spiro atoms. The fourth-order valence-electron chi connectivity index (χ4n) is 0.598. The average Bonchev–Trinajstić information content (AvgIpc) is 2.07. The summed E-state index contributed by atoms with van der Waals surface area (Å²) in [5, 5.41) is 0. The molecule has 0 atom stereocenters. The van der Waals surface area contributed by atoms with Crippen molar-refractivity contribution < 1.29 is 42.0 Å². The molecule has 13 heavy (non-hydrogen) atoms. The molecular formula is C6H6ClHgO4S. The normalized spacial score (nSPS) is 9.85. The summed E-state index contributed by atoms with van der Waals surface area (Å²) in [6.45, 7) is 0. The van der Waals surface area contributed by atoms with Crippen LogP contribution in [0.5, 0.6) is 5.75 Å². The van der Waals surface area contributed by atoms with Gasteiger partial charge in [-0.2, -0.15) is 8.42 Å². The van der Waals surface area contributed by atoms with Crippen LogP contribution < -0.4 is 4.18 Å². The molecule has 1 rings (SSSR count). The first-order chi connectivity index (χ1) is 6.08. The van der Waals surface area contributed by atoms with Crippen molar-refractivity contribution in [2.24, 2.45) is 0 Å². The molecule has 0 heterocycles. The van der Waals surface area contributed by atoms with E-state index in [1.165, 1.54) is 12.1 Å². The first-order valence-electron chi connectivity index (χ1n) is 3.06. The van der Waals surface area contributed by atoms with Crippen LogP contribution in [-0.2, 0) is 35.3 Å². The van der Waals surface area contributed by atoms with Crippen molar-refractivity contribution in [3.63, 3.8) is 0 Å². The van der Waals surface area contributed by atoms with Crippen molar-refractivity contribution in [2.45, 2.75) is 0 Å². The molecular weight excluding hydrogens is 404 g/mol. The second-order valence-corrected chi connectivity index (χ2v) is 2.85. The summed E-state index contributed by atoms with van der Waals surface area (Å²) in [6, 6.07) is 7.75. The van der Waals surface area contributed by atoms with E-state index in [1.54, 1.807) is 18.2 Å². The van der Waals surface area contributed by atoms with Crippen LogP contribution in [0.4, 0.5) is 0 Å². The first-order valence-corrected chi connectivity index (χ1v) is 11.2. The molecule has 1 N–H and O–H groups in total. The van der Waals surface area contributed by atoms with Gasteiger partial charge in [0.05, 0.1) is 0 Å². The summed E-state index contributed by atoms with van der Waals surface area (Å²) in [7, 11) is 0.456. The van der Waals surface area contributed by atoms with Gasteiger partial charge in [0.1, 0.15) is 5.75 Å². The standard InChI is InChI=1S/C6H6O4S.ClH.Hg/c7-11(8,9)10-6-4-2-1-3-5-6;;/h1-5H,(H,7,8,9);1H;/q;;+1/p-1. The minimum atomic E-state index is -4.38. The van der Waals surface area contributed by atoms with E-state index < -0.39 is 10.4 Å². The molecule has 0 aliphatic heterocycles. The Hall–Kier alpha value is 0.155. The van der Waals surface area contributed by atoms with E-state index in [-0.39, 0.29) is 5.75 Å². The van der Waals surface area contributed by atoms with E-state index in [1.807, 2.05) is 0 Å². The van der Waals surface area contributed by atoms with Gasteiger partial charge in [0.15, 0.2) is 0 Å². The maximum atomic E-state index is 10.1. The predicted molar refractivity (Wildman–Crippen MR) is 44.5 cm³/mol. The predicted octanol–water partition coefficient (Wildman–Crippen LogP) is 1.56. The summed E-state index contributed by atoms with van der Waals surface area (Å²) in [5.74, 6) is 0.0926. The summed E-state index contributed by atoms with van der Waals surface area (Å²) in [4.78, 5) is 0. The van der Waals surface area contributed by atoms with E-state index >= 15 is 0 Å². The third-order valence-corrected chi connectivity index (χ3v) is 1.35. The van der Waals surface area contributed by atoms with Crippen LogP contribution in [0, 0.1) is 0 Å². The van der Waals surface area contributed by atoms with Gasteiger partial charge in [-0.25, -0.2) is 0 Å². The maximum absolute atomic E-state index is 10.1. The van der Waals surface area contributed by atoms with Crippen molar-refractivity contribution in [1.29, 1.82) is 0 Å². The number of hydrogen-bond donors (Lipinski definition) is 1. The monoisotopic (exact) mass is 411 g/mol. The van der Waals surface area contributed by atoms with Crippen molar-refractivity contribution in [3.05, 3.63) is 30.3 Å². The van der Waals surface area contributed by atoms with E-state index in [0.29, 0.717) is 24.9 Å². The number of hydrogen-bond acceptors (Lipinski definition) is 3. The zero-order valence-corrected chi connectivity index (χ0v) is 13.6. The molecule has 0 saturated heterocycles. The van der Waals surface area contributed by atoms with Gasteiger partial charge < -0.3 is 4.18 Å². The van der Waals surface area contributed by atoms with Crippen LogP contribution >= 0.6 is 8.25 Å². The summed E-state index contributed by atoms with van der Waals surface area (Å²) in [6.07, 6.45) is 0. The van der Waals surface area contributed by atoms with E-state index in [2.05, 4.69) is 4.18 Å². The molecule has 0 aliphatic rings. The Labute approximate surface area is 96.2 Å². The van der Waals surface area contributed by atoms with Crippen LogP contribution in [0.15, 0.2) is 30.3 Å². The molecule has 0 aliphatic carbocycles. The van der Waals surface area contributed by atoms with E-state index in [4.69, 9.17) is 12.8 Å².